The van der Waals surface area contributed by atoms with Crippen LogP contribution >= 0.6 is 0 Å². The number of aromatic hydroxyl groups is 1. The maximum absolute atomic E-state index is 13.6. The van der Waals surface area contributed by atoms with Gasteiger partial charge in [0.1, 0.15) is 11.3 Å². The average Bonchev–Trinajstić information content (AvgIpc) is 2.80. The van der Waals surface area contributed by atoms with Gasteiger partial charge in [0.15, 0.2) is 0 Å². The number of aryl methyl sites for hydroxylation is 2. The first-order valence-corrected chi connectivity index (χ1v) is 10.5. The molecule has 3 heterocycles. The number of carbonyl (C=O) groups is 1. The Morgan fingerprint density at radius 1 is 1.19 bits per heavy atom. The highest BCUT2D eigenvalue weighted by Gasteiger charge is 2.31. The summed E-state index contributed by atoms with van der Waals surface area (Å²) in [4.78, 5) is 38.8. The quantitative estimate of drug-likeness (QED) is 0.393. The van der Waals surface area contributed by atoms with Crippen LogP contribution in [-0.4, -0.2) is 22.8 Å². The van der Waals surface area contributed by atoms with Gasteiger partial charge in [0.05, 0.1) is 30.0 Å². The summed E-state index contributed by atoms with van der Waals surface area (Å²) in [5, 5.41) is 12.2. The molecule has 0 amide bonds. The Morgan fingerprint density at radius 3 is 2.81 bits per heavy atom. The van der Waals surface area contributed by atoms with Crippen molar-refractivity contribution in [2.45, 2.75) is 31.7 Å². The Balaban J connectivity index is 1.82. The van der Waals surface area contributed by atoms with E-state index in [0.29, 0.717) is 11.9 Å². The zero-order valence-corrected chi connectivity index (χ0v) is 17.5. The number of pyridine rings is 1. The topological polar surface area (TPSA) is 98.7 Å². The van der Waals surface area contributed by atoms with Gasteiger partial charge in [-0.1, -0.05) is 30.3 Å². The Kier molecular flexibility index (Phi) is 4.81. The van der Waals surface area contributed by atoms with Crippen molar-refractivity contribution in [3.8, 4) is 5.75 Å². The molecule has 1 N–H and O–H groups in total. The van der Waals surface area contributed by atoms with Gasteiger partial charge in [-0.05, 0) is 42.0 Å². The van der Waals surface area contributed by atoms with E-state index >= 15 is 0 Å². The van der Waals surface area contributed by atoms with Gasteiger partial charge in [0.2, 0.25) is 0 Å². The molecule has 1 aliphatic rings. The summed E-state index contributed by atoms with van der Waals surface area (Å²) in [6.45, 7) is 0.545. The summed E-state index contributed by atoms with van der Waals surface area (Å²) < 4.78 is 12.0. The van der Waals surface area contributed by atoms with Crippen LogP contribution in [0.3, 0.4) is 0 Å². The average molecular weight is 431 g/mol. The zero-order valence-electron chi connectivity index (χ0n) is 17.5. The van der Waals surface area contributed by atoms with Crippen LogP contribution in [0.15, 0.2) is 62.5 Å². The number of benzene rings is 2. The van der Waals surface area contributed by atoms with E-state index in [0.717, 1.165) is 29.3 Å². The second kappa shape index (κ2) is 7.67. The molecule has 1 unspecified atom stereocenters. The molecule has 0 radical (unpaired) electrons. The summed E-state index contributed by atoms with van der Waals surface area (Å²) in [5.74, 6) is -1.92. The summed E-state index contributed by atoms with van der Waals surface area (Å²) in [5.41, 5.74) is 1.25. The van der Waals surface area contributed by atoms with Crippen LogP contribution in [0.2, 0.25) is 0 Å². The number of nitrogens with zero attached hydrogens (tertiary/aromatic N) is 1. The summed E-state index contributed by atoms with van der Waals surface area (Å²) in [6.07, 6.45) is 1.42. The zero-order chi connectivity index (χ0) is 22.4. The predicted molar refractivity (Wildman–Crippen MR) is 119 cm³/mol. The van der Waals surface area contributed by atoms with Crippen LogP contribution in [0.25, 0.3) is 21.9 Å². The fourth-order valence-electron chi connectivity index (χ4n) is 4.71. The number of fused-ring (bicyclic) bond motifs is 1. The fraction of sp³-hybridized carbons (Fsp3) is 0.240. The first-order chi connectivity index (χ1) is 15.5. The molecule has 4 aromatic rings. The van der Waals surface area contributed by atoms with Gasteiger partial charge in [-0.15, -0.1) is 0 Å². The summed E-state index contributed by atoms with van der Waals surface area (Å²) in [7, 11) is 1.24. The van der Waals surface area contributed by atoms with Crippen LogP contribution in [0.4, 0.5) is 0 Å². The van der Waals surface area contributed by atoms with Gasteiger partial charge in [-0.2, -0.15) is 0 Å². The molecule has 0 spiro atoms. The molecule has 2 aromatic carbocycles. The Morgan fingerprint density at radius 2 is 2.00 bits per heavy atom. The molecule has 0 fully saturated rings. The van der Waals surface area contributed by atoms with Gasteiger partial charge in [0.25, 0.3) is 5.56 Å². The van der Waals surface area contributed by atoms with E-state index in [4.69, 9.17) is 9.15 Å². The van der Waals surface area contributed by atoms with Gasteiger partial charge >= 0.3 is 11.6 Å². The molecule has 162 valence electrons. The summed E-state index contributed by atoms with van der Waals surface area (Å²) >= 11 is 0. The van der Waals surface area contributed by atoms with E-state index in [1.807, 2.05) is 18.2 Å². The van der Waals surface area contributed by atoms with Crippen molar-refractivity contribution in [2.75, 3.05) is 7.11 Å². The molecule has 5 rings (SSSR count). The van der Waals surface area contributed by atoms with E-state index < -0.39 is 17.5 Å². The van der Waals surface area contributed by atoms with E-state index in [1.165, 1.54) is 7.11 Å². The number of aromatic nitrogens is 1. The number of hydrogen-bond acceptors (Lipinski definition) is 6. The highest BCUT2D eigenvalue weighted by Crippen LogP contribution is 2.36. The van der Waals surface area contributed by atoms with E-state index in [2.05, 4.69) is 0 Å². The highest BCUT2D eigenvalue weighted by atomic mass is 16.5. The van der Waals surface area contributed by atoms with Crippen molar-refractivity contribution in [3.63, 3.8) is 0 Å². The van der Waals surface area contributed by atoms with Crippen LogP contribution in [0.5, 0.6) is 5.75 Å². The van der Waals surface area contributed by atoms with Crippen molar-refractivity contribution in [3.05, 3.63) is 86.0 Å². The number of rotatable bonds is 4. The Bertz CT molecular complexity index is 1500. The van der Waals surface area contributed by atoms with Crippen LogP contribution < -0.4 is 11.2 Å². The van der Waals surface area contributed by atoms with E-state index in [9.17, 15) is 19.5 Å². The molecule has 0 saturated heterocycles. The molecular formula is C25H21NO6. The number of methoxy groups -OCH3 is 1. The minimum Gasteiger partial charge on any atom is -0.507 e. The lowest BCUT2D eigenvalue weighted by Gasteiger charge is -2.23. The molecule has 2 aromatic heterocycles. The predicted octanol–water partition coefficient (Wildman–Crippen LogP) is 3.45. The molecule has 7 nitrogen and oxygen atoms in total. The lowest BCUT2D eigenvalue weighted by Crippen LogP contribution is -2.31. The van der Waals surface area contributed by atoms with Crippen molar-refractivity contribution < 1.29 is 19.1 Å². The lowest BCUT2D eigenvalue weighted by molar-refractivity contribution is -0.140. The second-order valence-electron chi connectivity index (χ2n) is 8.00. The van der Waals surface area contributed by atoms with Gasteiger partial charge < -0.3 is 18.8 Å². The normalized spacial score (nSPS) is 13.9. The number of para-hydroxylation sites is 2. The smallest absolute Gasteiger partial charge is 0.343 e. The van der Waals surface area contributed by atoms with Crippen molar-refractivity contribution in [1.82, 2.24) is 4.57 Å². The Labute approximate surface area is 182 Å². The minimum absolute atomic E-state index is 0.120. The van der Waals surface area contributed by atoms with Crippen molar-refractivity contribution >= 4 is 27.8 Å². The second-order valence-corrected chi connectivity index (χ2v) is 8.00. The summed E-state index contributed by atoms with van der Waals surface area (Å²) in [6, 6.07) is 14.1. The molecule has 7 heteroatoms. The molecule has 0 saturated carbocycles. The monoisotopic (exact) mass is 431 g/mol. The maximum atomic E-state index is 13.6. The number of esters is 1. The molecule has 1 atom stereocenters. The fourth-order valence-corrected chi connectivity index (χ4v) is 4.71. The van der Waals surface area contributed by atoms with Crippen molar-refractivity contribution in [1.29, 1.82) is 0 Å². The third-order valence-electron chi connectivity index (χ3n) is 6.19. The highest BCUT2D eigenvalue weighted by molar-refractivity contribution is 5.86. The van der Waals surface area contributed by atoms with E-state index in [1.54, 1.807) is 34.9 Å². The number of carbonyl (C=O) groups excluding carboxylic acids is 1. The van der Waals surface area contributed by atoms with Gasteiger partial charge in [-0.3, -0.25) is 9.59 Å². The van der Waals surface area contributed by atoms with E-state index in [-0.39, 0.29) is 34.4 Å². The van der Waals surface area contributed by atoms with Crippen LogP contribution in [0, 0.1) is 0 Å². The van der Waals surface area contributed by atoms with Crippen LogP contribution in [-0.2, 0) is 22.5 Å². The number of ether oxygens (including phenoxy) is 1. The van der Waals surface area contributed by atoms with Crippen LogP contribution in [0.1, 0.15) is 35.4 Å². The first-order valence-electron chi connectivity index (χ1n) is 10.5. The lowest BCUT2D eigenvalue weighted by atomic mass is 9.87. The largest absolute Gasteiger partial charge is 0.507 e. The Hall–Kier alpha value is -3.87. The minimum atomic E-state index is -1.02. The third kappa shape index (κ3) is 3.09. The maximum Gasteiger partial charge on any atom is 0.343 e. The molecule has 1 aliphatic heterocycles. The number of hydrogen-bond donors (Lipinski definition) is 1. The van der Waals surface area contributed by atoms with Gasteiger partial charge in [0, 0.05) is 18.0 Å². The van der Waals surface area contributed by atoms with Gasteiger partial charge in [-0.25, -0.2) is 4.79 Å². The molecular weight excluding hydrogens is 410 g/mol. The molecule has 0 aliphatic carbocycles. The van der Waals surface area contributed by atoms with Crippen molar-refractivity contribution in [2.24, 2.45) is 0 Å². The molecule has 0 bridgehead atoms. The molecule has 32 heavy (non-hydrogen) atoms. The first kappa shape index (κ1) is 20.1. The third-order valence-corrected chi connectivity index (χ3v) is 6.19. The standard InChI is InChI=1S/C25H21NO6/c1-31-20(27)13-17(21-23(28)16-9-2-3-10-19(16)32-25(21)30)18-12-15-7-4-6-14-8-5-11-26(22(14)15)24(18)29/h2-4,6-7,9-10,12,17,28H,5,8,11,13H2,1H3. The SMILES string of the molecule is COC(=O)CC(c1c(O)c2ccccc2oc1=O)c1cc2cccc3c2n(c1=O)CCC3.